The van der Waals surface area contributed by atoms with Crippen molar-refractivity contribution < 1.29 is 29.0 Å². The van der Waals surface area contributed by atoms with Crippen molar-refractivity contribution in [1.82, 2.24) is 9.80 Å². The van der Waals surface area contributed by atoms with Gasteiger partial charge in [0, 0.05) is 25.2 Å². The van der Waals surface area contributed by atoms with E-state index in [2.05, 4.69) is 33.9 Å². The number of amides is 2. The van der Waals surface area contributed by atoms with E-state index in [9.17, 15) is 19.5 Å². The largest absolute Gasteiger partial charge is 0.461 e. The third kappa shape index (κ3) is 4.92. The maximum Gasteiger partial charge on any atom is 0.312 e. The summed E-state index contributed by atoms with van der Waals surface area (Å²) in [6.45, 7) is 18.4. The van der Waals surface area contributed by atoms with Gasteiger partial charge in [0.2, 0.25) is 11.8 Å². The summed E-state index contributed by atoms with van der Waals surface area (Å²) in [6, 6.07) is -0.868. The molecule has 196 valence electrons. The average Bonchev–Trinajstić information content (AvgIpc) is 3.39. The summed E-state index contributed by atoms with van der Waals surface area (Å²) in [5.41, 5.74) is -1.62. The number of rotatable bonds is 11. The molecule has 3 aliphatic heterocycles. The van der Waals surface area contributed by atoms with Gasteiger partial charge in [-0.1, -0.05) is 39.5 Å². The van der Waals surface area contributed by atoms with Crippen molar-refractivity contribution in [3.8, 4) is 0 Å². The molecule has 0 radical (unpaired) electrons. The number of fused-ring (bicyclic) bond motifs is 1. The van der Waals surface area contributed by atoms with E-state index in [1.165, 1.54) is 6.08 Å². The monoisotopic (exact) mass is 490 g/mol. The van der Waals surface area contributed by atoms with Crippen LogP contribution in [0.3, 0.4) is 0 Å². The first-order valence-corrected chi connectivity index (χ1v) is 12.6. The molecule has 2 amide bonds. The first-order chi connectivity index (χ1) is 16.3. The Morgan fingerprint density at radius 2 is 1.94 bits per heavy atom. The summed E-state index contributed by atoms with van der Waals surface area (Å²) in [5.74, 6) is -2.48. The molecule has 2 unspecified atom stereocenters. The minimum Gasteiger partial charge on any atom is -0.461 e. The number of hydrogen-bond acceptors (Lipinski definition) is 6. The van der Waals surface area contributed by atoms with Crippen LogP contribution in [0.5, 0.6) is 0 Å². The molecule has 3 saturated heterocycles. The Labute approximate surface area is 209 Å². The molecule has 8 nitrogen and oxygen atoms in total. The molecule has 0 aromatic heterocycles. The van der Waals surface area contributed by atoms with E-state index in [0.717, 1.165) is 6.42 Å². The van der Waals surface area contributed by atoms with Gasteiger partial charge in [-0.2, -0.15) is 0 Å². The predicted molar refractivity (Wildman–Crippen MR) is 132 cm³/mol. The Hall–Kier alpha value is -2.19. The van der Waals surface area contributed by atoms with Crippen molar-refractivity contribution in [2.24, 2.45) is 17.3 Å². The fourth-order valence-corrected chi connectivity index (χ4v) is 6.72. The summed E-state index contributed by atoms with van der Waals surface area (Å²) < 4.78 is 11.8. The lowest BCUT2D eigenvalue weighted by molar-refractivity contribution is -0.155. The highest BCUT2D eigenvalue weighted by atomic mass is 16.6. The molecule has 3 rings (SSSR count). The summed E-state index contributed by atoms with van der Waals surface area (Å²) in [6.07, 6.45) is 4.92. The second-order valence-electron chi connectivity index (χ2n) is 11.9. The number of esters is 1. The van der Waals surface area contributed by atoms with Gasteiger partial charge in [-0.3, -0.25) is 14.4 Å². The lowest BCUT2D eigenvalue weighted by Crippen LogP contribution is -2.61. The third-order valence-electron chi connectivity index (χ3n) is 7.48. The quantitative estimate of drug-likeness (QED) is 0.353. The van der Waals surface area contributed by atoms with E-state index >= 15 is 0 Å². The molecular formula is C27H42N2O6. The summed E-state index contributed by atoms with van der Waals surface area (Å²) in [4.78, 5) is 44.5. The number of carbonyl (C=O) groups excluding carboxylic acids is 3. The average molecular weight is 491 g/mol. The van der Waals surface area contributed by atoms with E-state index in [4.69, 9.17) is 9.47 Å². The van der Waals surface area contributed by atoms with Crippen LogP contribution in [-0.4, -0.2) is 82.3 Å². The highest BCUT2D eigenvalue weighted by molar-refractivity contribution is 5.98. The van der Waals surface area contributed by atoms with Crippen LogP contribution in [0.15, 0.2) is 25.3 Å². The summed E-state index contributed by atoms with van der Waals surface area (Å²) >= 11 is 0. The van der Waals surface area contributed by atoms with Gasteiger partial charge in [-0.05, 0) is 44.9 Å². The van der Waals surface area contributed by atoms with E-state index in [-0.39, 0.29) is 37.0 Å². The lowest BCUT2D eigenvalue weighted by atomic mass is 9.70. The van der Waals surface area contributed by atoms with Crippen molar-refractivity contribution in [3.63, 3.8) is 0 Å². The number of nitrogens with zero attached hydrogens (tertiary/aromatic N) is 2. The minimum absolute atomic E-state index is 0.0333. The van der Waals surface area contributed by atoms with E-state index in [1.54, 1.807) is 15.9 Å². The van der Waals surface area contributed by atoms with Crippen LogP contribution in [0.2, 0.25) is 0 Å². The number of aliphatic hydroxyl groups excluding tert-OH is 1. The standard InChI is InChI=1S/C27H42N2O6/c1-8-13-29(26(6,7)17-25(3,4)5)23(32)21-27-12-11-18(35-27)19(24(33)34-16-9-2)20(27)22(31)28(21)14-10-15-30/h8-9,18-21,30H,1-2,10-17H2,3-7H3/t18-,19+,20-,21?,27?/m0/s1. The van der Waals surface area contributed by atoms with Crippen molar-refractivity contribution in [1.29, 1.82) is 0 Å². The summed E-state index contributed by atoms with van der Waals surface area (Å²) in [7, 11) is 0. The first kappa shape index (κ1) is 27.4. The third-order valence-corrected chi connectivity index (χ3v) is 7.48. The Bertz CT molecular complexity index is 862. The normalized spacial score (nSPS) is 29.8. The van der Waals surface area contributed by atoms with E-state index < -0.39 is 41.1 Å². The fraction of sp³-hybridized carbons (Fsp3) is 0.741. The number of ether oxygens (including phenoxy) is 2. The predicted octanol–water partition coefficient (Wildman–Crippen LogP) is 2.70. The molecule has 8 heteroatoms. The van der Waals surface area contributed by atoms with Crippen LogP contribution in [0.25, 0.3) is 0 Å². The number of likely N-dealkylation sites (tertiary alicyclic amines) is 1. The molecule has 35 heavy (non-hydrogen) atoms. The molecule has 1 N–H and O–H groups in total. The maximum absolute atomic E-state index is 14.4. The van der Waals surface area contributed by atoms with Gasteiger partial charge in [0.1, 0.15) is 18.2 Å². The van der Waals surface area contributed by atoms with Crippen LogP contribution < -0.4 is 0 Å². The number of carbonyl (C=O) groups is 3. The van der Waals surface area contributed by atoms with E-state index in [1.807, 2.05) is 13.8 Å². The lowest BCUT2D eigenvalue weighted by Gasteiger charge is -2.45. The maximum atomic E-state index is 14.4. The van der Waals surface area contributed by atoms with E-state index in [0.29, 0.717) is 25.8 Å². The van der Waals surface area contributed by atoms with Gasteiger partial charge < -0.3 is 24.4 Å². The van der Waals surface area contributed by atoms with Crippen molar-refractivity contribution >= 4 is 17.8 Å². The molecule has 0 aromatic carbocycles. The molecule has 2 bridgehead atoms. The van der Waals surface area contributed by atoms with Gasteiger partial charge in [0.25, 0.3) is 0 Å². The van der Waals surface area contributed by atoms with Crippen LogP contribution in [0, 0.1) is 17.3 Å². The summed E-state index contributed by atoms with van der Waals surface area (Å²) in [5, 5.41) is 9.50. The molecule has 5 atom stereocenters. The van der Waals surface area contributed by atoms with Crippen LogP contribution >= 0.6 is 0 Å². The molecule has 0 aromatic rings. The Kier molecular flexibility index (Phi) is 7.87. The van der Waals surface area contributed by atoms with Crippen LogP contribution in [0.4, 0.5) is 0 Å². The highest BCUT2D eigenvalue weighted by Crippen LogP contribution is 2.59. The van der Waals surface area contributed by atoms with Gasteiger partial charge in [-0.15, -0.1) is 6.58 Å². The zero-order valence-corrected chi connectivity index (χ0v) is 21.9. The molecule has 3 aliphatic rings. The van der Waals surface area contributed by atoms with Crippen molar-refractivity contribution in [2.75, 3.05) is 26.3 Å². The van der Waals surface area contributed by atoms with Gasteiger partial charge >= 0.3 is 5.97 Å². The van der Waals surface area contributed by atoms with Crippen molar-refractivity contribution in [3.05, 3.63) is 25.3 Å². The Morgan fingerprint density at radius 1 is 1.26 bits per heavy atom. The topological polar surface area (TPSA) is 96.4 Å². The van der Waals surface area contributed by atoms with Crippen molar-refractivity contribution in [2.45, 2.75) is 83.6 Å². The molecule has 0 aliphatic carbocycles. The number of hydrogen-bond donors (Lipinski definition) is 1. The van der Waals surface area contributed by atoms with Gasteiger partial charge in [0.15, 0.2) is 0 Å². The number of aliphatic hydroxyl groups is 1. The SMILES string of the molecule is C=CCOC(=O)[C@@H]1[C@@H]2CCC3(O2)C(C(=O)N(CC=C)C(C)(C)CC(C)(C)C)N(CCCO)C(=O)[C@H]13. The smallest absolute Gasteiger partial charge is 0.312 e. The zero-order valence-electron chi connectivity index (χ0n) is 21.9. The first-order valence-electron chi connectivity index (χ1n) is 12.6. The fourth-order valence-electron chi connectivity index (χ4n) is 6.72. The Balaban J connectivity index is 2.03. The van der Waals surface area contributed by atoms with Crippen LogP contribution in [-0.2, 0) is 23.9 Å². The second kappa shape index (κ2) is 10.1. The second-order valence-corrected chi connectivity index (χ2v) is 11.9. The molecule has 3 heterocycles. The van der Waals surface area contributed by atoms with Gasteiger partial charge in [-0.25, -0.2) is 0 Å². The van der Waals surface area contributed by atoms with Gasteiger partial charge in [0.05, 0.1) is 17.9 Å². The molecule has 1 spiro atoms. The zero-order chi connectivity index (χ0) is 26.2. The molecule has 3 fully saturated rings. The molecular weight excluding hydrogens is 448 g/mol. The highest BCUT2D eigenvalue weighted by Gasteiger charge is 2.75. The van der Waals surface area contributed by atoms with Crippen LogP contribution in [0.1, 0.15) is 60.3 Å². The Morgan fingerprint density at radius 3 is 2.51 bits per heavy atom. The minimum atomic E-state index is -1.08. The molecule has 0 saturated carbocycles.